The number of rotatable bonds is 8. The summed E-state index contributed by atoms with van der Waals surface area (Å²) in [5.41, 5.74) is 6.96. The lowest BCUT2D eigenvalue weighted by Crippen LogP contribution is -2.30. The second kappa shape index (κ2) is 7.66. The van der Waals surface area contributed by atoms with Crippen LogP contribution < -0.4 is 11.1 Å². The van der Waals surface area contributed by atoms with Crippen molar-refractivity contribution in [3.8, 4) is 0 Å². The number of nitrogens with two attached hydrogens (primary N) is 1. The third-order valence-corrected chi connectivity index (χ3v) is 3.93. The molecular weight excluding hydrogens is 286 g/mol. The highest BCUT2D eigenvalue weighted by atomic mass is 35.5. The minimum atomic E-state index is -0.0131. The molecule has 1 aromatic carbocycles. The number of carbonyl (C=O) groups is 1. The van der Waals surface area contributed by atoms with Crippen LogP contribution in [0.1, 0.15) is 32.6 Å². The third kappa shape index (κ3) is 5.56. The Morgan fingerprint density at radius 3 is 2.86 bits per heavy atom. The zero-order valence-electron chi connectivity index (χ0n) is 12.6. The summed E-state index contributed by atoms with van der Waals surface area (Å²) in [6.07, 6.45) is 4.28. The molecule has 1 amide bonds. The molecule has 0 aliphatic heterocycles. The van der Waals surface area contributed by atoms with E-state index in [9.17, 15) is 4.79 Å². The maximum Gasteiger partial charge on any atom is 0.225 e. The van der Waals surface area contributed by atoms with Crippen LogP contribution in [0.5, 0.6) is 0 Å². The Morgan fingerprint density at radius 1 is 1.43 bits per heavy atom. The maximum absolute atomic E-state index is 12.0. The molecule has 0 spiro atoms. The molecule has 0 aromatic heterocycles. The van der Waals surface area contributed by atoms with E-state index >= 15 is 0 Å². The molecule has 116 valence electrons. The molecule has 0 saturated heterocycles. The van der Waals surface area contributed by atoms with Crippen LogP contribution in [0.4, 0.5) is 11.4 Å². The van der Waals surface area contributed by atoms with Crippen LogP contribution in [-0.2, 0) is 4.79 Å². The van der Waals surface area contributed by atoms with Gasteiger partial charge in [0.25, 0.3) is 0 Å². The van der Waals surface area contributed by atoms with Gasteiger partial charge in [0.1, 0.15) is 0 Å². The lowest BCUT2D eigenvalue weighted by molar-refractivity contribution is -0.116. The van der Waals surface area contributed by atoms with Gasteiger partial charge < -0.3 is 16.0 Å². The van der Waals surface area contributed by atoms with Gasteiger partial charge >= 0.3 is 0 Å². The number of nitrogen functional groups attached to an aromatic ring is 1. The molecule has 4 nitrogen and oxygen atoms in total. The predicted octanol–water partition coefficient (Wildman–Crippen LogP) is 3.37. The molecule has 5 heteroatoms. The quantitative estimate of drug-likeness (QED) is 0.724. The normalized spacial score (nSPS) is 14.4. The van der Waals surface area contributed by atoms with Crippen molar-refractivity contribution in [3.05, 3.63) is 23.2 Å². The van der Waals surface area contributed by atoms with E-state index in [1.165, 1.54) is 12.8 Å². The first kappa shape index (κ1) is 16.1. The lowest BCUT2D eigenvalue weighted by Gasteiger charge is -2.21. The molecule has 1 aliphatic carbocycles. The summed E-state index contributed by atoms with van der Waals surface area (Å²) in [5.74, 6) is 0.837. The van der Waals surface area contributed by atoms with E-state index in [0.29, 0.717) is 22.8 Å². The van der Waals surface area contributed by atoms with Gasteiger partial charge in [-0.15, -0.1) is 0 Å². The molecule has 21 heavy (non-hydrogen) atoms. The van der Waals surface area contributed by atoms with Gasteiger partial charge in [-0.1, -0.05) is 18.5 Å². The average molecular weight is 310 g/mol. The molecule has 3 N–H and O–H groups in total. The fourth-order valence-corrected chi connectivity index (χ4v) is 2.56. The summed E-state index contributed by atoms with van der Waals surface area (Å²) in [7, 11) is 0. The van der Waals surface area contributed by atoms with Crippen LogP contribution in [0.3, 0.4) is 0 Å². The van der Waals surface area contributed by atoms with E-state index < -0.39 is 0 Å². The molecule has 1 saturated carbocycles. The van der Waals surface area contributed by atoms with Gasteiger partial charge in [0.2, 0.25) is 5.91 Å². The molecule has 2 rings (SSSR count). The maximum atomic E-state index is 12.0. The van der Waals surface area contributed by atoms with E-state index in [2.05, 4.69) is 17.1 Å². The smallest absolute Gasteiger partial charge is 0.225 e. The Hall–Kier alpha value is -1.26. The first-order valence-electron chi connectivity index (χ1n) is 7.65. The van der Waals surface area contributed by atoms with Crippen LogP contribution in [0.2, 0.25) is 5.02 Å². The van der Waals surface area contributed by atoms with E-state index in [1.807, 2.05) is 0 Å². The highest BCUT2D eigenvalue weighted by Gasteiger charge is 2.24. The first-order valence-corrected chi connectivity index (χ1v) is 8.03. The van der Waals surface area contributed by atoms with Gasteiger partial charge in [-0.05, 0) is 49.9 Å². The van der Waals surface area contributed by atoms with Gasteiger partial charge in [-0.2, -0.15) is 0 Å². The van der Waals surface area contributed by atoms with Gasteiger partial charge in [-0.3, -0.25) is 4.79 Å². The number of hydrogen-bond acceptors (Lipinski definition) is 3. The minimum Gasteiger partial charge on any atom is -0.397 e. The van der Waals surface area contributed by atoms with Crippen molar-refractivity contribution in [1.82, 2.24) is 4.90 Å². The fraction of sp³-hybridized carbons (Fsp3) is 0.562. The Labute approximate surface area is 131 Å². The molecule has 1 fully saturated rings. The topological polar surface area (TPSA) is 58.4 Å². The standard InChI is InChI=1S/C16H24ClN3O/c1-2-8-20(11-12-3-4-12)9-7-16(21)19-15-10-13(17)5-6-14(15)18/h5-6,10,12H,2-4,7-9,11,18H2,1H3,(H,19,21). The Bertz CT molecular complexity index is 488. The van der Waals surface area contributed by atoms with Crippen LogP contribution in [0, 0.1) is 5.92 Å². The van der Waals surface area contributed by atoms with Crippen molar-refractivity contribution in [2.45, 2.75) is 32.6 Å². The molecule has 0 bridgehead atoms. The van der Waals surface area contributed by atoms with Crippen LogP contribution >= 0.6 is 11.6 Å². The molecule has 0 radical (unpaired) electrons. The van der Waals surface area contributed by atoms with Crippen molar-refractivity contribution in [1.29, 1.82) is 0 Å². The largest absolute Gasteiger partial charge is 0.397 e. The number of benzene rings is 1. The summed E-state index contributed by atoms with van der Waals surface area (Å²) in [4.78, 5) is 14.4. The van der Waals surface area contributed by atoms with E-state index in [4.69, 9.17) is 17.3 Å². The van der Waals surface area contributed by atoms with Crippen molar-refractivity contribution >= 4 is 28.9 Å². The molecule has 0 unspecified atom stereocenters. The Kier molecular flexibility index (Phi) is 5.88. The Balaban J connectivity index is 1.81. The lowest BCUT2D eigenvalue weighted by atomic mass is 10.2. The highest BCUT2D eigenvalue weighted by Crippen LogP contribution is 2.29. The van der Waals surface area contributed by atoms with Gasteiger partial charge in [0, 0.05) is 24.5 Å². The number of halogens is 1. The van der Waals surface area contributed by atoms with Crippen LogP contribution in [0.15, 0.2) is 18.2 Å². The number of amides is 1. The Morgan fingerprint density at radius 2 is 2.19 bits per heavy atom. The number of carbonyl (C=O) groups excluding carboxylic acids is 1. The first-order chi connectivity index (χ1) is 10.1. The molecule has 1 aliphatic rings. The molecule has 0 atom stereocenters. The summed E-state index contributed by atoms with van der Waals surface area (Å²) in [6, 6.07) is 5.10. The molecular formula is C16H24ClN3O. The number of anilines is 2. The van der Waals surface area contributed by atoms with Crippen molar-refractivity contribution in [3.63, 3.8) is 0 Å². The second-order valence-electron chi connectivity index (χ2n) is 5.77. The zero-order valence-corrected chi connectivity index (χ0v) is 13.3. The minimum absolute atomic E-state index is 0.0131. The van der Waals surface area contributed by atoms with E-state index in [-0.39, 0.29) is 5.91 Å². The summed E-state index contributed by atoms with van der Waals surface area (Å²) in [5, 5.41) is 3.41. The summed E-state index contributed by atoms with van der Waals surface area (Å²) >= 11 is 5.92. The van der Waals surface area contributed by atoms with Crippen molar-refractivity contribution in [2.24, 2.45) is 5.92 Å². The van der Waals surface area contributed by atoms with Gasteiger partial charge in [-0.25, -0.2) is 0 Å². The number of nitrogens with zero attached hydrogens (tertiary/aromatic N) is 1. The number of hydrogen-bond donors (Lipinski definition) is 2. The highest BCUT2D eigenvalue weighted by molar-refractivity contribution is 6.31. The number of nitrogens with one attached hydrogen (secondary N) is 1. The predicted molar refractivity (Wildman–Crippen MR) is 88.6 cm³/mol. The fourth-order valence-electron chi connectivity index (χ4n) is 2.39. The molecule has 0 heterocycles. The second-order valence-corrected chi connectivity index (χ2v) is 6.21. The summed E-state index contributed by atoms with van der Waals surface area (Å²) < 4.78 is 0. The van der Waals surface area contributed by atoms with Gasteiger partial charge in [0.05, 0.1) is 11.4 Å². The van der Waals surface area contributed by atoms with Crippen LogP contribution in [0.25, 0.3) is 0 Å². The van der Waals surface area contributed by atoms with E-state index in [0.717, 1.165) is 32.0 Å². The average Bonchev–Trinajstić information content (AvgIpc) is 3.24. The monoisotopic (exact) mass is 309 g/mol. The van der Waals surface area contributed by atoms with E-state index in [1.54, 1.807) is 18.2 Å². The van der Waals surface area contributed by atoms with Crippen LogP contribution in [-0.4, -0.2) is 30.4 Å². The van der Waals surface area contributed by atoms with Crippen molar-refractivity contribution < 1.29 is 4.79 Å². The third-order valence-electron chi connectivity index (χ3n) is 3.70. The zero-order chi connectivity index (χ0) is 15.2. The SMILES string of the molecule is CCCN(CCC(=O)Nc1cc(Cl)ccc1N)CC1CC1. The van der Waals surface area contributed by atoms with Crippen molar-refractivity contribution in [2.75, 3.05) is 30.7 Å². The summed E-state index contributed by atoms with van der Waals surface area (Å²) in [6.45, 7) is 5.16. The van der Waals surface area contributed by atoms with Gasteiger partial charge in [0.15, 0.2) is 0 Å². The molecule has 1 aromatic rings.